The second kappa shape index (κ2) is 68.8. The van der Waals surface area contributed by atoms with Gasteiger partial charge in [-0.1, -0.05) is 359 Å². The number of carbonyl (C=O) groups excluding carboxylic acids is 2. The molecular formula is C73H141NO5. The van der Waals surface area contributed by atoms with Crippen molar-refractivity contribution in [1.82, 2.24) is 5.32 Å². The summed E-state index contributed by atoms with van der Waals surface area (Å²) in [5, 5.41) is 23.5. The summed E-state index contributed by atoms with van der Waals surface area (Å²) in [6.07, 6.45) is 86.5. The first-order valence-electron chi connectivity index (χ1n) is 36.1. The molecule has 0 aliphatic carbocycles. The topological polar surface area (TPSA) is 95.9 Å². The zero-order valence-corrected chi connectivity index (χ0v) is 53.6. The summed E-state index contributed by atoms with van der Waals surface area (Å²) >= 11 is 0. The van der Waals surface area contributed by atoms with E-state index in [2.05, 4.69) is 43.5 Å². The van der Waals surface area contributed by atoms with E-state index in [0.29, 0.717) is 25.9 Å². The number of hydrogen-bond donors (Lipinski definition) is 3. The predicted molar refractivity (Wildman–Crippen MR) is 347 cm³/mol. The van der Waals surface area contributed by atoms with Gasteiger partial charge in [0.1, 0.15) is 0 Å². The zero-order chi connectivity index (χ0) is 57.1. The van der Waals surface area contributed by atoms with Crippen molar-refractivity contribution < 1.29 is 24.5 Å². The smallest absolute Gasteiger partial charge is 0.305 e. The van der Waals surface area contributed by atoms with E-state index in [1.54, 1.807) is 0 Å². The van der Waals surface area contributed by atoms with Gasteiger partial charge in [-0.3, -0.25) is 9.59 Å². The summed E-state index contributed by atoms with van der Waals surface area (Å²) in [6.45, 7) is 4.96. The lowest BCUT2D eigenvalue weighted by Gasteiger charge is -2.22. The molecule has 0 aromatic heterocycles. The van der Waals surface area contributed by atoms with Gasteiger partial charge in [0.05, 0.1) is 25.4 Å². The fraction of sp³-hybridized carbons (Fsp3) is 0.918. The van der Waals surface area contributed by atoms with Crippen molar-refractivity contribution in [2.24, 2.45) is 0 Å². The Bertz CT molecular complexity index is 1230. The molecule has 0 aliphatic rings. The Hall–Kier alpha value is -1.66. The van der Waals surface area contributed by atoms with Crippen molar-refractivity contribution in [1.29, 1.82) is 0 Å². The minimum atomic E-state index is -0.667. The first kappa shape index (κ1) is 77.3. The average Bonchev–Trinajstić information content (AvgIpc) is 3.45. The Morgan fingerprint density at radius 3 is 0.987 bits per heavy atom. The van der Waals surface area contributed by atoms with Crippen molar-refractivity contribution in [3.63, 3.8) is 0 Å². The van der Waals surface area contributed by atoms with Gasteiger partial charge in [-0.2, -0.15) is 0 Å². The first-order chi connectivity index (χ1) is 39.0. The number of nitrogens with one attached hydrogen (secondary N) is 1. The van der Waals surface area contributed by atoms with E-state index in [4.69, 9.17) is 4.74 Å². The molecule has 2 unspecified atom stereocenters. The minimum Gasteiger partial charge on any atom is -0.466 e. The molecule has 6 nitrogen and oxygen atoms in total. The predicted octanol–water partition coefficient (Wildman–Crippen LogP) is 23.3. The van der Waals surface area contributed by atoms with Crippen LogP contribution >= 0.6 is 0 Å². The molecule has 0 aromatic rings. The maximum Gasteiger partial charge on any atom is 0.305 e. The molecule has 0 fully saturated rings. The van der Waals surface area contributed by atoms with E-state index in [-0.39, 0.29) is 18.5 Å². The van der Waals surface area contributed by atoms with Crippen molar-refractivity contribution in [2.75, 3.05) is 13.2 Å². The van der Waals surface area contributed by atoms with Crippen molar-refractivity contribution in [3.05, 3.63) is 24.3 Å². The summed E-state index contributed by atoms with van der Waals surface area (Å²) < 4.78 is 5.50. The van der Waals surface area contributed by atoms with E-state index >= 15 is 0 Å². The Labute approximate surface area is 494 Å². The number of allylic oxidation sites excluding steroid dienone is 4. The fourth-order valence-electron chi connectivity index (χ4n) is 11.5. The SMILES string of the molecule is CCCCC/C=C\C/C=C\CCCCCCCCCC(=O)OCCCCCCCCCCCCCCCCCCCCCCCC(=O)NC(CO)C(O)CCCCCCCCCCCCCCCCCCCCCCCCCC. The molecule has 6 heteroatoms. The number of carbonyl (C=O) groups is 2. The van der Waals surface area contributed by atoms with Crippen molar-refractivity contribution >= 4 is 11.9 Å². The molecule has 0 saturated carbocycles. The third-order valence-electron chi connectivity index (χ3n) is 17.0. The van der Waals surface area contributed by atoms with Crippen LogP contribution in [0.3, 0.4) is 0 Å². The lowest BCUT2D eigenvalue weighted by atomic mass is 10.0. The van der Waals surface area contributed by atoms with E-state index in [0.717, 1.165) is 51.4 Å². The minimum absolute atomic E-state index is 0.00543. The molecule has 79 heavy (non-hydrogen) atoms. The molecule has 0 spiro atoms. The lowest BCUT2D eigenvalue weighted by Crippen LogP contribution is -2.45. The van der Waals surface area contributed by atoms with Crippen molar-refractivity contribution in [3.8, 4) is 0 Å². The van der Waals surface area contributed by atoms with Crippen LogP contribution < -0.4 is 5.32 Å². The number of aliphatic hydroxyl groups excluding tert-OH is 2. The second-order valence-electron chi connectivity index (χ2n) is 24.9. The van der Waals surface area contributed by atoms with Crippen LogP contribution in [0.5, 0.6) is 0 Å². The summed E-state index contributed by atoms with van der Waals surface area (Å²) in [7, 11) is 0. The highest BCUT2D eigenvalue weighted by molar-refractivity contribution is 5.76. The van der Waals surface area contributed by atoms with Crippen LogP contribution in [-0.2, 0) is 14.3 Å². The molecule has 2 atom stereocenters. The van der Waals surface area contributed by atoms with Crippen LogP contribution in [0.1, 0.15) is 406 Å². The van der Waals surface area contributed by atoms with Gasteiger partial charge in [0.25, 0.3) is 0 Å². The molecule has 3 N–H and O–H groups in total. The van der Waals surface area contributed by atoms with Gasteiger partial charge in [0.15, 0.2) is 0 Å². The number of rotatable bonds is 68. The molecule has 0 aromatic carbocycles. The summed E-state index contributed by atoms with van der Waals surface area (Å²) in [4.78, 5) is 24.7. The molecule has 0 aliphatic heterocycles. The van der Waals surface area contributed by atoms with Gasteiger partial charge in [0.2, 0.25) is 5.91 Å². The van der Waals surface area contributed by atoms with Crippen LogP contribution in [0.15, 0.2) is 24.3 Å². The van der Waals surface area contributed by atoms with Crippen molar-refractivity contribution in [2.45, 2.75) is 418 Å². The molecule has 0 saturated heterocycles. The van der Waals surface area contributed by atoms with E-state index in [1.165, 1.54) is 321 Å². The van der Waals surface area contributed by atoms with Crippen LogP contribution in [0.4, 0.5) is 0 Å². The van der Waals surface area contributed by atoms with Crippen LogP contribution in [0.2, 0.25) is 0 Å². The largest absolute Gasteiger partial charge is 0.466 e. The summed E-state index contributed by atoms with van der Waals surface area (Å²) in [5.74, 6) is -0.0257. The zero-order valence-electron chi connectivity index (χ0n) is 53.6. The van der Waals surface area contributed by atoms with Gasteiger partial charge < -0.3 is 20.3 Å². The first-order valence-corrected chi connectivity index (χ1v) is 36.1. The molecule has 0 heterocycles. The highest BCUT2D eigenvalue weighted by Crippen LogP contribution is 2.19. The Balaban J connectivity index is 3.38. The quantitative estimate of drug-likeness (QED) is 0.0320. The molecule has 468 valence electrons. The number of esters is 1. The number of aliphatic hydroxyl groups is 2. The van der Waals surface area contributed by atoms with Crippen LogP contribution in [-0.4, -0.2) is 47.4 Å². The molecular weight excluding hydrogens is 971 g/mol. The number of hydrogen-bond acceptors (Lipinski definition) is 5. The highest BCUT2D eigenvalue weighted by Gasteiger charge is 2.20. The fourth-order valence-corrected chi connectivity index (χ4v) is 11.5. The molecule has 1 amide bonds. The number of unbranched alkanes of at least 4 members (excludes halogenated alkanes) is 53. The van der Waals surface area contributed by atoms with E-state index in [9.17, 15) is 19.8 Å². The highest BCUT2D eigenvalue weighted by atomic mass is 16.5. The van der Waals surface area contributed by atoms with Gasteiger partial charge in [0, 0.05) is 12.8 Å². The average molecular weight is 1110 g/mol. The summed E-state index contributed by atoms with van der Waals surface area (Å²) in [5.41, 5.74) is 0. The van der Waals surface area contributed by atoms with E-state index < -0.39 is 12.1 Å². The molecule has 0 radical (unpaired) electrons. The monoisotopic (exact) mass is 1110 g/mol. The summed E-state index contributed by atoms with van der Waals surface area (Å²) in [6, 6.07) is -0.544. The van der Waals surface area contributed by atoms with E-state index in [1.807, 2.05) is 0 Å². The molecule has 0 bridgehead atoms. The standard InChI is InChI=1S/C73H141NO5/c1-3-5-7-9-11-13-15-17-19-21-22-23-24-25-27-30-34-37-41-45-49-53-57-61-65-71(76)70(69-75)74-72(77)66-62-58-54-50-46-42-38-35-31-28-26-29-32-36-40-44-48-52-56-60-64-68-79-73(78)67-63-59-55-51-47-43-39-33-20-18-16-14-12-10-8-6-4-2/h12,14,18,20,70-71,75-76H,3-11,13,15-17,19,21-69H2,1-2H3,(H,74,77)/b14-12-,20-18-. The third-order valence-corrected chi connectivity index (χ3v) is 17.0. The normalized spacial score (nSPS) is 12.6. The maximum absolute atomic E-state index is 12.6. The second-order valence-corrected chi connectivity index (χ2v) is 24.9. The van der Waals surface area contributed by atoms with Gasteiger partial charge in [-0.25, -0.2) is 0 Å². The maximum atomic E-state index is 12.6. The Kier molecular flexibility index (Phi) is 67.4. The third kappa shape index (κ3) is 65.4. The van der Waals surface area contributed by atoms with Gasteiger partial charge in [-0.15, -0.1) is 0 Å². The number of amides is 1. The molecule has 0 rings (SSSR count). The van der Waals surface area contributed by atoms with Crippen LogP contribution in [0.25, 0.3) is 0 Å². The Morgan fingerprint density at radius 2 is 0.633 bits per heavy atom. The van der Waals surface area contributed by atoms with Crippen LogP contribution in [0, 0.1) is 0 Å². The Morgan fingerprint density at radius 1 is 0.354 bits per heavy atom. The number of ether oxygens (including phenoxy) is 1. The van der Waals surface area contributed by atoms with Gasteiger partial charge in [-0.05, 0) is 57.8 Å². The lowest BCUT2D eigenvalue weighted by molar-refractivity contribution is -0.143. The van der Waals surface area contributed by atoms with Gasteiger partial charge >= 0.3 is 5.97 Å².